The van der Waals surface area contributed by atoms with Gasteiger partial charge in [0.2, 0.25) is 5.88 Å². The second-order valence-corrected chi connectivity index (χ2v) is 5.43. The molecule has 2 N–H and O–H groups in total. The van der Waals surface area contributed by atoms with Gasteiger partial charge in [-0.05, 0) is 11.6 Å². The lowest BCUT2D eigenvalue weighted by Gasteiger charge is -2.28. The summed E-state index contributed by atoms with van der Waals surface area (Å²) in [5.74, 6) is -2.56. The van der Waals surface area contributed by atoms with Crippen molar-refractivity contribution >= 4 is 23.5 Å². The highest BCUT2D eigenvalue weighted by Gasteiger charge is 2.38. The molecule has 0 saturated heterocycles. The van der Waals surface area contributed by atoms with Crippen LogP contribution in [0.15, 0.2) is 47.1 Å². The first-order chi connectivity index (χ1) is 11.9. The van der Waals surface area contributed by atoms with Crippen molar-refractivity contribution in [3.8, 4) is 6.07 Å². The largest absolute Gasteiger partial charge is 0.469 e. The molecule has 2 rings (SSSR count). The number of ether oxygens (including phenoxy) is 3. The summed E-state index contributed by atoms with van der Waals surface area (Å²) >= 11 is 6.24. The third-order valence-electron chi connectivity index (χ3n) is 3.65. The van der Waals surface area contributed by atoms with Crippen LogP contribution in [0.4, 0.5) is 0 Å². The van der Waals surface area contributed by atoms with Crippen molar-refractivity contribution in [2.75, 3.05) is 14.2 Å². The third kappa shape index (κ3) is 3.59. The van der Waals surface area contributed by atoms with Crippen molar-refractivity contribution in [2.45, 2.75) is 12.3 Å². The Hall–Kier alpha value is -2.98. The Labute approximate surface area is 149 Å². The molecule has 0 fully saturated rings. The number of benzene rings is 1. The lowest BCUT2D eigenvalue weighted by molar-refractivity contribution is -0.140. The van der Waals surface area contributed by atoms with Crippen molar-refractivity contribution in [3.63, 3.8) is 0 Å². The number of esters is 2. The predicted octanol–water partition coefficient (Wildman–Crippen LogP) is 2.14. The lowest BCUT2D eigenvalue weighted by atomic mass is 9.82. The van der Waals surface area contributed by atoms with Gasteiger partial charge >= 0.3 is 11.9 Å². The number of halogens is 1. The molecule has 7 nitrogen and oxygen atoms in total. The van der Waals surface area contributed by atoms with Crippen LogP contribution in [0.1, 0.15) is 17.9 Å². The van der Waals surface area contributed by atoms with Gasteiger partial charge in [0.1, 0.15) is 23.8 Å². The number of rotatable bonds is 4. The minimum Gasteiger partial charge on any atom is -0.469 e. The Bertz CT molecular complexity index is 823. The van der Waals surface area contributed by atoms with Crippen LogP contribution in [0.3, 0.4) is 0 Å². The van der Waals surface area contributed by atoms with Crippen LogP contribution in [0.5, 0.6) is 0 Å². The van der Waals surface area contributed by atoms with Crippen LogP contribution in [-0.2, 0) is 23.8 Å². The lowest BCUT2D eigenvalue weighted by Crippen LogP contribution is -2.27. The Kier molecular flexibility index (Phi) is 5.67. The summed E-state index contributed by atoms with van der Waals surface area (Å²) in [4.78, 5) is 24.1. The number of carbonyl (C=O) groups is 2. The number of methoxy groups -OCH3 is 2. The van der Waals surface area contributed by atoms with E-state index in [2.05, 4.69) is 4.74 Å². The number of hydrogen-bond donors (Lipinski definition) is 1. The van der Waals surface area contributed by atoms with Gasteiger partial charge in [-0.3, -0.25) is 4.79 Å². The summed E-state index contributed by atoms with van der Waals surface area (Å²) in [5.41, 5.74) is 6.28. The highest BCUT2D eigenvalue weighted by Crippen LogP contribution is 2.42. The highest BCUT2D eigenvalue weighted by atomic mass is 35.5. The molecule has 0 aliphatic carbocycles. The molecule has 0 bridgehead atoms. The number of hydrogen-bond acceptors (Lipinski definition) is 7. The van der Waals surface area contributed by atoms with E-state index in [-0.39, 0.29) is 29.2 Å². The number of nitrogens with two attached hydrogens (primary N) is 1. The van der Waals surface area contributed by atoms with Crippen molar-refractivity contribution in [1.82, 2.24) is 0 Å². The zero-order valence-corrected chi connectivity index (χ0v) is 14.3. The van der Waals surface area contributed by atoms with Crippen molar-refractivity contribution in [2.24, 2.45) is 5.73 Å². The van der Waals surface area contributed by atoms with E-state index >= 15 is 0 Å². The molecule has 25 heavy (non-hydrogen) atoms. The monoisotopic (exact) mass is 362 g/mol. The second-order valence-electron chi connectivity index (χ2n) is 5.03. The van der Waals surface area contributed by atoms with Gasteiger partial charge in [0.15, 0.2) is 0 Å². The average Bonchev–Trinajstić information content (AvgIpc) is 2.61. The van der Waals surface area contributed by atoms with Gasteiger partial charge in [-0.1, -0.05) is 29.8 Å². The number of allylic oxidation sites excluding steroid dienone is 1. The molecule has 0 saturated carbocycles. The summed E-state index contributed by atoms with van der Waals surface area (Å²) in [6.07, 6.45) is -0.346. The third-order valence-corrected chi connectivity index (χ3v) is 4.00. The summed E-state index contributed by atoms with van der Waals surface area (Å²) < 4.78 is 14.8. The van der Waals surface area contributed by atoms with Crippen LogP contribution in [0.25, 0.3) is 0 Å². The zero-order chi connectivity index (χ0) is 18.6. The molecule has 1 heterocycles. The van der Waals surface area contributed by atoms with E-state index in [4.69, 9.17) is 26.8 Å². The molecule has 1 aliphatic rings. The maximum Gasteiger partial charge on any atom is 0.338 e. The molecular weight excluding hydrogens is 348 g/mol. The van der Waals surface area contributed by atoms with Gasteiger partial charge in [0.25, 0.3) is 0 Å². The fourth-order valence-corrected chi connectivity index (χ4v) is 2.75. The Balaban J connectivity index is 2.72. The number of nitrogens with zero attached hydrogens (tertiary/aromatic N) is 1. The second kappa shape index (κ2) is 7.73. The van der Waals surface area contributed by atoms with Crippen molar-refractivity contribution in [3.05, 3.63) is 57.6 Å². The first-order valence-electron chi connectivity index (χ1n) is 7.14. The van der Waals surface area contributed by atoms with E-state index in [0.717, 1.165) is 0 Å². The molecular formula is C17H15ClN2O5. The van der Waals surface area contributed by atoms with Crippen LogP contribution < -0.4 is 5.73 Å². The van der Waals surface area contributed by atoms with E-state index in [9.17, 15) is 14.9 Å². The first kappa shape index (κ1) is 18.4. The van der Waals surface area contributed by atoms with E-state index in [1.54, 1.807) is 24.3 Å². The highest BCUT2D eigenvalue weighted by molar-refractivity contribution is 6.31. The normalized spacial score (nSPS) is 16.8. The van der Waals surface area contributed by atoms with Gasteiger partial charge in [0.05, 0.1) is 25.7 Å². The molecule has 0 amide bonds. The van der Waals surface area contributed by atoms with Gasteiger partial charge in [0, 0.05) is 5.02 Å². The minimum absolute atomic E-state index is 0.00196. The summed E-state index contributed by atoms with van der Waals surface area (Å²) in [6, 6.07) is 8.63. The maximum atomic E-state index is 12.4. The molecule has 0 unspecified atom stereocenters. The Morgan fingerprint density at radius 3 is 2.56 bits per heavy atom. The van der Waals surface area contributed by atoms with Crippen molar-refractivity contribution < 1.29 is 23.8 Å². The van der Waals surface area contributed by atoms with E-state index in [1.807, 2.05) is 6.07 Å². The van der Waals surface area contributed by atoms with E-state index in [0.29, 0.717) is 10.6 Å². The maximum absolute atomic E-state index is 12.4. The molecule has 130 valence electrons. The van der Waals surface area contributed by atoms with Gasteiger partial charge in [-0.15, -0.1) is 0 Å². The SMILES string of the molecule is COC(=O)CC1=C(C(=O)OC)[C@@H](c2ccccc2Cl)C(C#N)=C(N)O1. The van der Waals surface area contributed by atoms with Gasteiger partial charge < -0.3 is 19.9 Å². The molecule has 0 radical (unpaired) electrons. The average molecular weight is 363 g/mol. The van der Waals surface area contributed by atoms with Gasteiger partial charge in [-0.25, -0.2) is 4.79 Å². The zero-order valence-electron chi connectivity index (χ0n) is 13.5. The fourth-order valence-electron chi connectivity index (χ4n) is 2.51. The fraction of sp³-hybridized carbons (Fsp3) is 0.235. The Morgan fingerprint density at radius 1 is 1.32 bits per heavy atom. The van der Waals surface area contributed by atoms with Crippen LogP contribution >= 0.6 is 11.6 Å². The van der Waals surface area contributed by atoms with Gasteiger partial charge in [-0.2, -0.15) is 5.26 Å². The topological polar surface area (TPSA) is 112 Å². The molecule has 1 aliphatic heterocycles. The molecule has 0 spiro atoms. The number of nitriles is 1. The quantitative estimate of drug-likeness (QED) is 0.816. The van der Waals surface area contributed by atoms with Crippen LogP contribution in [0, 0.1) is 11.3 Å². The summed E-state index contributed by atoms with van der Waals surface area (Å²) in [6.45, 7) is 0. The van der Waals surface area contributed by atoms with Crippen LogP contribution in [-0.4, -0.2) is 26.2 Å². The molecule has 1 aromatic carbocycles. The van der Waals surface area contributed by atoms with E-state index in [1.165, 1.54) is 14.2 Å². The predicted molar refractivity (Wildman–Crippen MR) is 87.8 cm³/mol. The number of carbonyl (C=O) groups excluding carboxylic acids is 2. The molecule has 1 aromatic rings. The van der Waals surface area contributed by atoms with Crippen molar-refractivity contribution in [1.29, 1.82) is 5.26 Å². The van der Waals surface area contributed by atoms with Crippen LogP contribution in [0.2, 0.25) is 5.02 Å². The first-order valence-corrected chi connectivity index (χ1v) is 7.52. The summed E-state index contributed by atoms with van der Waals surface area (Å²) in [5, 5.41) is 9.82. The molecule has 1 atom stereocenters. The summed E-state index contributed by atoms with van der Waals surface area (Å²) in [7, 11) is 2.39. The molecule has 0 aromatic heterocycles. The Morgan fingerprint density at radius 2 is 2.00 bits per heavy atom. The standard InChI is InChI=1S/C17H15ClN2O5/c1-23-13(21)7-12-15(17(22)24-2)14(10(8-19)16(20)25-12)9-5-3-4-6-11(9)18/h3-6,14H,7,20H2,1-2H3/t14-/m0/s1. The minimum atomic E-state index is -0.917. The smallest absolute Gasteiger partial charge is 0.338 e. The molecule has 8 heteroatoms. The van der Waals surface area contributed by atoms with E-state index < -0.39 is 17.9 Å².